The van der Waals surface area contributed by atoms with Crippen LogP contribution < -0.4 is 10.1 Å². The van der Waals surface area contributed by atoms with E-state index < -0.39 is 11.9 Å². The van der Waals surface area contributed by atoms with Crippen LogP contribution in [0.3, 0.4) is 0 Å². The van der Waals surface area contributed by atoms with Gasteiger partial charge in [0.15, 0.2) is 0 Å². The lowest BCUT2D eigenvalue weighted by atomic mass is 9.80. The lowest BCUT2D eigenvalue weighted by molar-refractivity contribution is -0.133. The maximum Gasteiger partial charge on any atom is 0.334 e. The van der Waals surface area contributed by atoms with E-state index in [1.165, 1.54) is 0 Å². The second-order valence-corrected chi connectivity index (χ2v) is 6.18. The summed E-state index contributed by atoms with van der Waals surface area (Å²) in [6.45, 7) is 2.52. The maximum absolute atomic E-state index is 12.1. The minimum absolute atomic E-state index is 0.363. The van der Waals surface area contributed by atoms with E-state index in [4.69, 9.17) is 4.74 Å². The highest BCUT2D eigenvalue weighted by Crippen LogP contribution is 2.46. The van der Waals surface area contributed by atoms with Crippen LogP contribution in [0.4, 0.5) is 5.82 Å². The number of carboxylic acid groups (broad SMARTS) is 1. The number of H-pyrrole nitrogens is 1. The third kappa shape index (κ3) is 2.50. The number of anilines is 1. The van der Waals surface area contributed by atoms with Crippen molar-refractivity contribution >= 4 is 17.9 Å². The molecular formula is C19H19N3O3. The summed E-state index contributed by atoms with van der Waals surface area (Å²) in [5.41, 5.74) is 3.73. The number of allylic oxidation sites excluding steroid dienone is 1. The first-order valence-electron chi connectivity index (χ1n) is 8.39. The van der Waals surface area contributed by atoms with Crippen LogP contribution in [0.15, 0.2) is 41.7 Å². The van der Waals surface area contributed by atoms with E-state index in [9.17, 15) is 9.90 Å². The van der Waals surface area contributed by atoms with Gasteiger partial charge in [0.1, 0.15) is 18.2 Å². The number of fused-ring (bicyclic) bond motifs is 2. The summed E-state index contributed by atoms with van der Waals surface area (Å²) < 4.78 is 5.87. The summed E-state index contributed by atoms with van der Waals surface area (Å²) in [6, 6.07) is 5.86. The zero-order chi connectivity index (χ0) is 17.4. The molecule has 0 amide bonds. The summed E-state index contributed by atoms with van der Waals surface area (Å²) in [4.78, 5) is 12.1. The minimum atomic E-state index is -0.920. The molecule has 0 fully saturated rings. The molecular weight excluding hydrogens is 318 g/mol. The average Bonchev–Trinajstić information content (AvgIpc) is 3.08. The van der Waals surface area contributed by atoms with Crippen molar-refractivity contribution in [3.05, 3.63) is 58.4 Å². The molecule has 1 unspecified atom stereocenters. The molecule has 4 rings (SSSR count). The van der Waals surface area contributed by atoms with Crippen molar-refractivity contribution in [1.82, 2.24) is 10.2 Å². The van der Waals surface area contributed by atoms with E-state index in [0.29, 0.717) is 18.6 Å². The fourth-order valence-corrected chi connectivity index (χ4v) is 3.59. The van der Waals surface area contributed by atoms with E-state index in [0.717, 1.165) is 40.4 Å². The summed E-state index contributed by atoms with van der Waals surface area (Å²) >= 11 is 0. The highest BCUT2D eigenvalue weighted by atomic mass is 16.5. The molecule has 25 heavy (non-hydrogen) atoms. The smallest absolute Gasteiger partial charge is 0.334 e. The number of ether oxygens (including phenoxy) is 1. The molecule has 1 atom stereocenters. The number of nitrogens with zero attached hydrogens (tertiary/aromatic N) is 1. The van der Waals surface area contributed by atoms with E-state index >= 15 is 0 Å². The Kier molecular flexibility index (Phi) is 3.80. The van der Waals surface area contributed by atoms with Crippen molar-refractivity contribution in [2.24, 2.45) is 0 Å². The second-order valence-electron chi connectivity index (χ2n) is 6.18. The van der Waals surface area contributed by atoms with E-state index in [-0.39, 0.29) is 0 Å². The molecule has 0 radical (unpaired) electrons. The fourth-order valence-electron chi connectivity index (χ4n) is 3.59. The molecule has 0 saturated heterocycles. The largest absolute Gasteiger partial charge is 0.489 e. The molecule has 0 spiro atoms. The van der Waals surface area contributed by atoms with Crippen molar-refractivity contribution < 1.29 is 14.6 Å². The lowest BCUT2D eigenvalue weighted by Gasteiger charge is -2.29. The first-order valence-corrected chi connectivity index (χ1v) is 8.39. The molecule has 128 valence electrons. The SMILES string of the molecule is CCCC1=C(C(=O)O)C(c2cccc3c2OCC=C3)c2cn[nH]c2N1. The molecule has 3 N–H and O–H groups in total. The summed E-state index contributed by atoms with van der Waals surface area (Å²) in [7, 11) is 0. The zero-order valence-corrected chi connectivity index (χ0v) is 13.9. The Morgan fingerprint density at radius 2 is 2.28 bits per heavy atom. The number of benzene rings is 1. The Bertz CT molecular complexity index is 895. The van der Waals surface area contributed by atoms with Gasteiger partial charge in [0.25, 0.3) is 0 Å². The Hall–Kier alpha value is -3.02. The number of hydrogen-bond acceptors (Lipinski definition) is 4. The highest BCUT2D eigenvalue weighted by Gasteiger charge is 2.36. The van der Waals surface area contributed by atoms with Gasteiger partial charge >= 0.3 is 5.97 Å². The minimum Gasteiger partial charge on any atom is -0.489 e. The predicted octanol–water partition coefficient (Wildman–Crippen LogP) is 3.51. The van der Waals surface area contributed by atoms with E-state index in [2.05, 4.69) is 15.5 Å². The molecule has 0 bridgehead atoms. The number of aromatic amines is 1. The number of aromatic nitrogens is 2. The van der Waals surface area contributed by atoms with Gasteiger partial charge < -0.3 is 15.2 Å². The summed E-state index contributed by atoms with van der Waals surface area (Å²) in [6.07, 6.45) is 7.16. The van der Waals surface area contributed by atoms with Gasteiger partial charge in [0, 0.05) is 22.4 Å². The first-order chi connectivity index (χ1) is 12.2. The fraction of sp³-hybridized carbons (Fsp3) is 0.263. The lowest BCUT2D eigenvalue weighted by Crippen LogP contribution is -2.24. The molecule has 3 heterocycles. The van der Waals surface area contributed by atoms with Gasteiger partial charge in [-0.25, -0.2) is 4.79 Å². The number of rotatable bonds is 4. The topological polar surface area (TPSA) is 87.2 Å². The predicted molar refractivity (Wildman–Crippen MR) is 94.6 cm³/mol. The zero-order valence-electron chi connectivity index (χ0n) is 13.9. The Morgan fingerprint density at radius 3 is 3.08 bits per heavy atom. The molecule has 1 aromatic carbocycles. The highest BCUT2D eigenvalue weighted by molar-refractivity contribution is 5.93. The van der Waals surface area contributed by atoms with Crippen LogP contribution in [0.5, 0.6) is 5.75 Å². The monoisotopic (exact) mass is 337 g/mol. The van der Waals surface area contributed by atoms with Gasteiger partial charge in [0.05, 0.1) is 17.7 Å². The molecule has 2 aliphatic heterocycles. The quantitative estimate of drug-likeness (QED) is 0.795. The summed E-state index contributed by atoms with van der Waals surface area (Å²) in [5, 5.41) is 20.2. The average molecular weight is 337 g/mol. The van der Waals surface area contributed by atoms with Gasteiger partial charge in [0.2, 0.25) is 0 Å². The van der Waals surface area contributed by atoms with Crippen LogP contribution in [-0.4, -0.2) is 27.9 Å². The van der Waals surface area contributed by atoms with Crippen molar-refractivity contribution in [3.8, 4) is 5.75 Å². The molecule has 0 aliphatic carbocycles. The van der Waals surface area contributed by atoms with Crippen LogP contribution in [0.1, 0.15) is 42.4 Å². The van der Waals surface area contributed by atoms with Gasteiger partial charge in [-0.15, -0.1) is 0 Å². The van der Waals surface area contributed by atoms with Crippen molar-refractivity contribution in [2.45, 2.75) is 25.7 Å². The van der Waals surface area contributed by atoms with Crippen LogP contribution in [0.2, 0.25) is 0 Å². The van der Waals surface area contributed by atoms with Crippen molar-refractivity contribution in [2.75, 3.05) is 11.9 Å². The summed E-state index contributed by atoms with van der Waals surface area (Å²) in [5.74, 6) is 0.160. The van der Waals surface area contributed by atoms with Gasteiger partial charge in [-0.2, -0.15) is 5.10 Å². The van der Waals surface area contributed by atoms with Crippen LogP contribution in [-0.2, 0) is 4.79 Å². The Morgan fingerprint density at radius 1 is 1.40 bits per heavy atom. The normalized spacial score (nSPS) is 18.2. The number of hydrogen-bond donors (Lipinski definition) is 3. The second kappa shape index (κ2) is 6.12. The maximum atomic E-state index is 12.1. The van der Waals surface area contributed by atoms with Crippen molar-refractivity contribution in [3.63, 3.8) is 0 Å². The Balaban J connectivity index is 1.95. The third-order valence-electron chi connectivity index (χ3n) is 4.61. The standard InChI is InChI=1S/C19H19N3O3/c1-2-5-14-16(19(23)24)15(13-10-20-22-18(13)21-14)12-8-3-6-11-7-4-9-25-17(11)12/h3-4,6-8,10,15H,2,5,9H2,1H3,(H,23,24)(H2,20,21,22). The third-order valence-corrected chi connectivity index (χ3v) is 4.61. The van der Waals surface area contributed by atoms with Crippen LogP contribution in [0.25, 0.3) is 6.08 Å². The Labute approximate surface area is 145 Å². The molecule has 2 aliphatic rings. The van der Waals surface area contributed by atoms with Crippen LogP contribution in [0, 0.1) is 0 Å². The molecule has 1 aromatic heterocycles. The number of aliphatic carboxylic acids is 1. The molecule has 6 heteroatoms. The van der Waals surface area contributed by atoms with E-state index in [1.54, 1.807) is 6.20 Å². The van der Waals surface area contributed by atoms with Gasteiger partial charge in [-0.1, -0.05) is 37.6 Å². The number of carboxylic acids is 1. The van der Waals surface area contributed by atoms with Gasteiger partial charge in [-0.05, 0) is 12.5 Å². The van der Waals surface area contributed by atoms with Crippen molar-refractivity contribution in [1.29, 1.82) is 0 Å². The molecule has 6 nitrogen and oxygen atoms in total. The number of para-hydroxylation sites is 1. The molecule has 0 saturated carbocycles. The van der Waals surface area contributed by atoms with Crippen LogP contribution >= 0.6 is 0 Å². The van der Waals surface area contributed by atoms with E-state index in [1.807, 2.05) is 37.3 Å². The number of carbonyl (C=O) groups is 1. The van der Waals surface area contributed by atoms with Gasteiger partial charge in [-0.3, -0.25) is 5.10 Å². The number of nitrogens with one attached hydrogen (secondary N) is 2. The first kappa shape index (κ1) is 15.5. The molecule has 2 aromatic rings.